The third-order valence-electron chi connectivity index (χ3n) is 4.17. The molecule has 0 unspecified atom stereocenters. The number of fused-ring (bicyclic) bond motifs is 1. The lowest BCUT2D eigenvalue weighted by atomic mass is 10.2. The average Bonchev–Trinajstić information content (AvgIpc) is 2.73. The lowest BCUT2D eigenvalue weighted by Gasteiger charge is -2.13. The third kappa shape index (κ3) is 3.91. The Morgan fingerprint density at radius 3 is 2.46 bits per heavy atom. The molecule has 0 saturated heterocycles. The van der Waals surface area contributed by atoms with Crippen LogP contribution in [0.4, 0.5) is 0 Å². The Labute approximate surface area is 171 Å². The summed E-state index contributed by atoms with van der Waals surface area (Å²) >= 11 is 7.60. The van der Waals surface area contributed by atoms with Crippen LogP contribution in [0.1, 0.15) is 0 Å². The molecule has 140 valence electrons. The monoisotopic (exact) mass is 408 g/mol. The predicted octanol–water partition coefficient (Wildman–Crippen LogP) is 5.21. The first-order valence-corrected chi connectivity index (χ1v) is 10.2. The van der Waals surface area contributed by atoms with E-state index in [1.165, 1.54) is 11.8 Å². The molecule has 4 rings (SSSR count). The Balaban J connectivity index is 1.62. The molecule has 0 N–H and O–H groups in total. The molecule has 1 heterocycles. The van der Waals surface area contributed by atoms with Gasteiger partial charge in [0.05, 0.1) is 28.2 Å². The summed E-state index contributed by atoms with van der Waals surface area (Å²) in [6.45, 7) is 0.450. The van der Waals surface area contributed by atoms with Gasteiger partial charge in [-0.1, -0.05) is 65.8 Å². The number of hydrogen-bond donors (Lipinski definition) is 0. The summed E-state index contributed by atoms with van der Waals surface area (Å²) in [5, 5.41) is 1.82. The summed E-state index contributed by atoms with van der Waals surface area (Å²) in [6, 6.07) is 24.3. The zero-order valence-corrected chi connectivity index (χ0v) is 16.5. The van der Waals surface area contributed by atoms with Crippen molar-refractivity contribution in [2.24, 2.45) is 0 Å². The highest BCUT2D eigenvalue weighted by atomic mass is 35.5. The second kappa shape index (κ2) is 8.50. The van der Waals surface area contributed by atoms with E-state index in [9.17, 15) is 4.79 Å². The molecule has 0 aliphatic carbocycles. The normalized spacial score (nSPS) is 10.9. The van der Waals surface area contributed by atoms with Gasteiger partial charge < -0.3 is 4.74 Å². The zero-order chi connectivity index (χ0) is 19.3. The summed E-state index contributed by atoms with van der Waals surface area (Å²) in [7, 11) is 0. The lowest BCUT2D eigenvalue weighted by Crippen LogP contribution is -2.22. The molecule has 0 spiro atoms. The van der Waals surface area contributed by atoms with E-state index in [1.54, 1.807) is 16.7 Å². The van der Waals surface area contributed by atoms with E-state index >= 15 is 0 Å². The highest BCUT2D eigenvalue weighted by Crippen LogP contribution is 2.25. The van der Waals surface area contributed by atoms with Crippen molar-refractivity contribution < 1.29 is 4.74 Å². The van der Waals surface area contributed by atoms with E-state index < -0.39 is 0 Å². The van der Waals surface area contributed by atoms with Gasteiger partial charge in [-0.3, -0.25) is 9.36 Å². The molecule has 4 nitrogen and oxygen atoms in total. The van der Waals surface area contributed by atoms with E-state index in [-0.39, 0.29) is 5.56 Å². The molecule has 0 atom stereocenters. The van der Waals surface area contributed by atoms with E-state index in [0.29, 0.717) is 39.2 Å². The second-order valence-corrected chi connectivity index (χ2v) is 7.48. The van der Waals surface area contributed by atoms with E-state index in [4.69, 9.17) is 21.3 Å². The molecule has 4 aromatic rings. The third-order valence-corrected chi connectivity index (χ3v) is 5.38. The smallest absolute Gasteiger partial charge is 0.266 e. The van der Waals surface area contributed by atoms with Gasteiger partial charge in [0.25, 0.3) is 5.56 Å². The fourth-order valence-electron chi connectivity index (χ4n) is 2.86. The summed E-state index contributed by atoms with van der Waals surface area (Å²) in [5.74, 6) is 1.28. The number of ether oxygens (including phenoxy) is 1. The highest BCUT2D eigenvalue weighted by Gasteiger charge is 2.13. The van der Waals surface area contributed by atoms with Gasteiger partial charge in [0.2, 0.25) is 0 Å². The summed E-state index contributed by atoms with van der Waals surface area (Å²) < 4.78 is 7.41. The first kappa shape index (κ1) is 18.6. The predicted molar refractivity (Wildman–Crippen MR) is 115 cm³/mol. The van der Waals surface area contributed by atoms with Gasteiger partial charge in [-0.05, 0) is 36.4 Å². The van der Waals surface area contributed by atoms with E-state index in [2.05, 4.69) is 0 Å². The van der Waals surface area contributed by atoms with Gasteiger partial charge >= 0.3 is 0 Å². The van der Waals surface area contributed by atoms with Gasteiger partial charge in [-0.2, -0.15) is 0 Å². The van der Waals surface area contributed by atoms with Gasteiger partial charge in [0.15, 0.2) is 5.16 Å². The molecule has 1 aromatic heterocycles. The maximum atomic E-state index is 13.1. The number of thioether (sulfide) groups is 1. The van der Waals surface area contributed by atoms with E-state index in [1.807, 2.05) is 66.7 Å². The van der Waals surface area contributed by atoms with Crippen molar-refractivity contribution in [2.75, 3.05) is 12.4 Å². The first-order chi connectivity index (χ1) is 13.7. The van der Waals surface area contributed by atoms with Crippen molar-refractivity contribution >= 4 is 34.3 Å². The maximum Gasteiger partial charge on any atom is 0.266 e. The number of benzene rings is 3. The fourth-order valence-corrected chi connectivity index (χ4v) is 3.88. The first-order valence-electron chi connectivity index (χ1n) is 8.81. The molecule has 3 aromatic carbocycles. The molecule has 0 radical (unpaired) electrons. The molecule has 28 heavy (non-hydrogen) atoms. The van der Waals surface area contributed by atoms with Crippen molar-refractivity contribution in [1.29, 1.82) is 0 Å². The molecular weight excluding hydrogens is 392 g/mol. The Kier molecular flexibility index (Phi) is 5.65. The molecule has 0 fully saturated rings. The largest absolute Gasteiger partial charge is 0.491 e. The molecule has 0 aliphatic rings. The van der Waals surface area contributed by atoms with Crippen molar-refractivity contribution in [3.63, 3.8) is 0 Å². The van der Waals surface area contributed by atoms with Crippen LogP contribution in [0.2, 0.25) is 5.02 Å². The number of aromatic nitrogens is 2. The van der Waals surface area contributed by atoms with Crippen LogP contribution in [-0.4, -0.2) is 21.9 Å². The van der Waals surface area contributed by atoms with Crippen molar-refractivity contribution in [3.05, 3.63) is 94.2 Å². The molecule has 6 heteroatoms. The molecule has 0 aliphatic heterocycles. The van der Waals surface area contributed by atoms with Gasteiger partial charge in [-0.15, -0.1) is 0 Å². The van der Waals surface area contributed by atoms with Crippen molar-refractivity contribution in [1.82, 2.24) is 9.55 Å². The molecule has 0 saturated carbocycles. The van der Waals surface area contributed by atoms with Crippen LogP contribution >= 0.6 is 23.4 Å². The van der Waals surface area contributed by atoms with Crippen LogP contribution in [0.15, 0.2) is 88.8 Å². The standard InChI is InChI=1S/C22H17ClN2O2S/c23-18-11-5-7-13-20(18)27-14-15-28-22-24-19-12-6-4-10-17(19)21(26)25(22)16-8-2-1-3-9-16/h1-13H,14-15H2. The Morgan fingerprint density at radius 1 is 0.929 bits per heavy atom. The van der Waals surface area contributed by atoms with Crippen LogP contribution in [0, 0.1) is 0 Å². The van der Waals surface area contributed by atoms with Crippen molar-refractivity contribution in [3.8, 4) is 11.4 Å². The number of rotatable bonds is 6. The van der Waals surface area contributed by atoms with Crippen LogP contribution in [0.3, 0.4) is 0 Å². The summed E-state index contributed by atoms with van der Waals surface area (Å²) in [6.07, 6.45) is 0. The average molecular weight is 409 g/mol. The SMILES string of the molecule is O=c1c2ccccc2nc(SCCOc2ccccc2Cl)n1-c1ccccc1. The number of halogens is 1. The molecule has 0 amide bonds. The Hall–Kier alpha value is -2.76. The minimum absolute atomic E-state index is 0.0775. The van der Waals surface area contributed by atoms with Gasteiger partial charge in [-0.25, -0.2) is 4.98 Å². The van der Waals surface area contributed by atoms with Gasteiger partial charge in [0.1, 0.15) is 5.75 Å². The molecule has 0 bridgehead atoms. The quantitative estimate of drug-likeness (QED) is 0.249. The van der Waals surface area contributed by atoms with Crippen LogP contribution < -0.4 is 10.3 Å². The van der Waals surface area contributed by atoms with Gasteiger partial charge in [0, 0.05) is 5.75 Å². The van der Waals surface area contributed by atoms with Crippen LogP contribution in [0.25, 0.3) is 16.6 Å². The minimum Gasteiger partial charge on any atom is -0.491 e. The van der Waals surface area contributed by atoms with E-state index in [0.717, 1.165) is 5.69 Å². The minimum atomic E-state index is -0.0775. The number of hydrogen-bond acceptors (Lipinski definition) is 4. The summed E-state index contributed by atoms with van der Waals surface area (Å²) in [5.41, 5.74) is 1.40. The summed E-state index contributed by atoms with van der Waals surface area (Å²) in [4.78, 5) is 17.8. The number of nitrogens with zero attached hydrogens (tertiary/aromatic N) is 2. The maximum absolute atomic E-state index is 13.1. The molecular formula is C22H17ClN2O2S. The fraction of sp³-hybridized carbons (Fsp3) is 0.0909. The Morgan fingerprint density at radius 2 is 1.64 bits per heavy atom. The van der Waals surface area contributed by atoms with Crippen molar-refractivity contribution in [2.45, 2.75) is 5.16 Å². The van der Waals surface area contributed by atoms with Crippen LogP contribution in [-0.2, 0) is 0 Å². The second-order valence-electron chi connectivity index (χ2n) is 6.01. The topological polar surface area (TPSA) is 44.1 Å². The number of para-hydroxylation sites is 3. The zero-order valence-electron chi connectivity index (χ0n) is 14.9. The Bertz CT molecular complexity index is 1160. The lowest BCUT2D eigenvalue weighted by molar-refractivity contribution is 0.344. The van der Waals surface area contributed by atoms with Crippen LogP contribution in [0.5, 0.6) is 5.75 Å². The highest BCUT2D eigenvalue weighted by molar-refractivity contribution is 7.99.